The number of nitrogens with zero attached hydrogens (tertiary/aromatic N) is 1. The second-order valence-corrected chi connectivity index (χ2v) is 5.79. The Balaban J connectivity index is 2.11. The van der Waals surface area contributed by atoms with E-state index >= 15 is 0 Å². The molecule has 1 fully saturated rings. The summed E-state index contributed by atoms with van der Waals surface area (Å²) in [4.78, 5) is 12.5. The van der Waals surface area contributed by atoms with Gasteiger partial charge < -0.3 is 11.1 Å². The third-order valence-electron chi connectivity index (χ3n) is 3.27. The quantitative estimate of drug-likeness (QED) is 0.568. The van der Waals surface area contributed by atoms with Crippen molar-refractivity contribution in [2.24, 2.45) is 16.8 Å². The van der Waals surface area contributed by atoms with Crippen molar-refractivity contribution in [1.82, 2.24) is 5.32 Å². The van der Waals surface area contributed by atoms with Crippen LogP contribution < -0.4 is 16.2 Å². The largest absolute Gasteiger partial charge is 0.401 e. The van der Waals surface area contributed by atoms with Crippen LogP contribution >= 0.6 is 23.5 Å². The van der Waals surface area contributed by atoms with Crippen LogP contribution in [-0.2, 0) is 11.3 Å². The van der Waals surface area contributed by atoms with Crippen LogP contribution in [0.3, 0.4) is 0 Å². The Labute approximate surface area is 132 Å². The first-order valence-electron chi connectivity index (χ1n) is 6.40. The third kappa shape index (κ3) is 3.70. The molecular weight excluding hydrogens is 308 g/mol. The number of rotatable bonds is 5. The monoisotopic (exact) mass is 322 g/mol. The number of hydrogen-bond acceptors (Lipinski definition) is 5. The van der Waals surface area contributed by atoms with Crippen LogP contribution in [0, 0.1) is 17.2 Å². The van der Waals surface area contributed by atoms with Crippen molar-refractivity contribution in [2.75, 3.05) is 0 Å². The molecule has 0 aliphatic heterocycles. The molecule has 1 aromatic carbocycles. The Kier molecular flexibility index (Phi) is 5.12. The maximum atomic E-state index is 12.2. The molecule has 0 spiro atoms. The SMILES string of the molecule is N#Cc1cccc(Cl)c1CNC(=O)/C(SN)=C(/N)C1CC1. The first-order valence-corrected chi connectivity index (χ1v) is 7.66. The van der Waals surface area contributed by atoms with E-state index in [-0.39, 0.29) is 18.4 Å². The minimum Gasteiger partial charge on any atom is -0.401 e. The highest BCUT2D eigenvalue weighted by atomic mass is 35.5. The normalized spacial score (nSPS) is 15.1. The number of benzene rings is 1. The number of nitrogens with one attached hydrogen (secondary N) is 1. The zero-order valence-corrected chi connectivity index (χ0v) is 12.8. The molecule has 0 aromatic heterocycles. The molecule has 0 heterocycles. The highest BCUT2D eigenvalue weighted by Crippen LogP contribution is 2.36. The number of nitrogens with two attached hydrogens (primary N) is 2. The first-order chi connectivity index (χ1) is 10.1. The van der Waals surface area contributed by atoms with Gasteiger partial charge in [0.05, 0.1) is 11.6 Å². The van der Waals surface area contributed by atoms with Crippen molar-refractivity contribution in [3.05, 3.63) is 45.0 Å². The van der Waals surface area contributed by atoms with Gasteiger partial charge in [-0.3, -0.25) is 9.93 Å². The fourth-order valence-electron chi connectivity index (χ4n) is 1.92. The van der Waals surface area contributed by atoms with E-state index in [9.17, 15) is 4.79 Å². The number of hydrogen-bond donors (Lipinski definition) is 3. The van der Waals surface area contributed by atoms with E-state index in [4.69, 9.17) is 27.7 Å². The number of halogens is 1. The maximum absolute atomic E-state index is 12.2. The second kappa shape index (κ2) is 6.85. The Morgan fingerprint density at radius 3 is 2.81 bits per heavy atom. The van der Waals surface area contributed by atoms with Crippen molar-refractivity contribution >= 4 is 29.5 Å². The average Bonchev–Trinajstić information content (AvgIpc) is 3.30. The molecule has 5 nitrogen and oxygen atoms in total. The molecule has 1 amide bonds. The van der Waals surface area contributed by atoms with Crippen molar-refractivity contribution in [3.8, 4) is 6.07 Å². The summed E-state index contributed by atoms with van der Waals surface area (Å²) in [5, 5.41) is 17.7. The molecule has 0 saturated heterocycles. The van der Waals surface area contributed by atoms with E-state index < -0.39 is 0 Å². The van der Waals surface area contributed by atoms with E-state index in [1.54, 1.807) is 18.2 Å². The van der Waals surface area contributed by atoms with E-state index in [1.165, 1.54) is 0 Å². The van der Waals surface area contributed by atoms with Gasteiger partial charge in [0, 0.05) is 22.8 Å². The topological polar surface area (TPSA) is 105 Å². The highest BCUT2D eigenvalue weighted by Gasteiger charge is 2.28. The summed E-state index contributed by atoms with van der Waals surface area (Å²) in [5.41, 5.74) is 7.49. The van der Waals surface area contributed by atoms with Crippen LogP contribution in [-0.4, -0.2) is 5.91 Å². The summed E-state index contributed by atoms with van der Waals surface area (Å²) in [6.45, 7) is 0.156. The maximum Gasteiger partial charge on any atom is 0.261 e. The van der Waals surface area contributed by atoms with E-state index in [2.05, 4.69) is 11.4 Å². The van der Waals surface area contributed by atoms with Crippen LogP contribution in [0.25, 0.3) is 0 Å². The fraction of sp³-hybridized carbons (Fsp3) is 0.286. The Morgan fingerprint density at radius 1 is 1.52 bits per heavy atom. The van der Waals surface area contributed by atoms with Gasteiger partial charge in [-0.05, 0) is 42.8 Å². The van der Waals surface area contributed by atoms with Crippen LogP contribution in [0.2, 0.25) is 5.02 Å². The van der Waals surface area contributed by atoms with Gasteiger partial charge in [0.1, 0.15) is 4.91 Å². The fourth-order valence-corrected chi connectivity index (χ4v) is 2.65. The molecule has 1 saturated carbocycles. The predicted molar refractivity (Wildman–Crippen MR) is 83.7 cm³/mol. The molecular formula is C14H15ClN4OS. The molecule has 0 bridgehead atoms. The zero-order valence-electron chi connectivity index (χ0n) is 11.2. The molecule has 0 unspecified atom stereocenters. The molecule has 5 N–H and O–H groups in total. The molecule has 0 radical (unpaired) electrons. The number of allylic oxidation sites excluding steroid dienone is 1. The lowest BCUT2D eigenvalue weighted by Gasteiger charge is -2.11. The van der Waals surface area contributed by atoms with Crippen LogP contribution in [0.4, 0.5) is 0 Å². The molecule has 110 valence electrons. The Morgan fingerprint density at radius 2 is 2.24 bits per heavy atom. The third-order valence-corrected chi connectivity index (χ3v) is 4.28. The second-order valence-electron chi connectivity index (χ2n) is 4.74. The van der Waals surface area contributed by atoms with Crippen molar-refractivity contribution in [1.29, 1.82) is 5.26 Å². The minimum absolute atomic E-state index is 0.156. The summed E-state index contributed by atoms with van der Waals surface area (Å²) in [7, 11) is 0. The Bertz CT molecular complexity index is 634. The first kappa shape index (κ1) is 15.7. The predicted octanol–water partition coefficient (Wildman–Crippen LogP) is 2.02. The average molecular weight is 323 g/mol. The summed E-state index contributed by atoms with van der Waals surface area (Å²) in [6, 6.07) is 7.08. The number of nitriles is 1. The lowest BCUT2D eigenvalue weighted by Crippen LogP contribution is -2.27. The van der Waals surface area contributed by atoms with Crippen molar-refractivity contribution in [3.63, 3.8) is 0 Å². The molecule has 1 aliphatic rings. The lowest BCUT2D eigenvalue weighted by molar-refractivity contribution is -0.117. The van der Waals surface area contributed by atoms with Gasteiger partial charge >= 0.3 is 0 Å². The standard InChI is InChI=1S/C14H15ClN4OS/c15-11-3-1-2-9(6-16)10(11)7-19-14(20)13(21-18)12(17)8-4-5-8/h1-3,8H,4-5,7,17-18H2,(H,19,20)/b13-12-. The van der Waals surface area contributed by atoms with Gasteiger partial charge in [0.2, 0.25) is 0 Å². The van der Waals surface area contributed by atoms with Gasteiger partial charge in [0.25, 0.3) is 5.91 Å². The van der Waals surface area contributed by atoms with Gasteiger partial charge in [-0.2, -0.15) is 5.26 Å². The van der Waals surface area contributed by atoms with Crippen LogP contribution in [0.15, 0.2) is 28.8 Å². The summed E-state index contributed by atoms with van der Waals surface area (Å²) in [5.74, 6) is -0.0764. The summed E-state index contributed by atoms with van der Waals surface area (Å²) >= 11 is 6.91. The molecule has 21 heavy (non-hydrogen) atoms. The smallest absolute Gasteiger partial charge is 0.261 e. The van der Waals surface area contributed by atoms with E-state index in [0.717, 1.165) is 24.8 Å². The lowest BCUT2D eigenvalue weighted by atomic mass is 10.1. The number of carbonyl (C=O) groups is 1. The van der Waals surface area contributed by atoms with Crippen molar-refractivity contribution < 1.29 is 4.79 Å². The summed E-state index contributed by atoms with van der Waals surface area (Å²) < 4.78 is 0. The number of carbonyl (C=O) groups excluding carboxylic acids is 1. The minimum atomic E-state index is -0.337. The van der Waals surface area contributed by atoms with E-state index in [0.29, 0.717) is 26.8 Å². The molecule has 0 atom stereocenters. The molecule has 2 rings (SSSR count). The zero-order chi connectivity index (χ0) is 15.4. The van der Waals surface area contributed by atoms with Gasteiger partial charge in [-0.15, -0.1) is 0 Å². The van der Waals surface area contributed by atoms with Gasteiger partial charge in [-0.1, -0.05) is 17.7 Å². The van der Waals surface area contributed by atoms with Crippen LogP contribution in [0.1, 0.15) is 24.0 Å². The summed E-state index contributed by atoms with van der Waals surface area (Å²) in [6.07, 6.45) is 1.98. The molecule has 1 aromatic rings. The van der Waals surface area contributed by atoms with E-state index in [1.807, 2.05) is 0 Å². The van der Waals surface area contributed by atoms with Gasteiger partial charge in [0.15, 0.2) is 0 Å². The number of amides is 1. The van der Waals surface area contributed by atoms with Gasteiger partial charge in [-0.25, -0.2) is 0 Å². The Hall–Kier alpha value is -1.68. The molecule has 7 heteroatoms. The highest BCUT2D eigenvalue weighted by molar-refractivity contribution is 8.01. The van der Waals surface area contributed by atoms with Crippen LogP contribution in [0.5, 0.6) is 0 Å². The molecule has 1 aliphatic carbocycles. The van der Waals surface area contributed by atoms with Crippen molar-refractivity contribution in [2.45, 2.75) is 19.4 Å².